The number of aromatic nitrogens is 2. The minimum Gasteiger partial charge on any atom is -0.494 e. The maximum absolute atomic E-state index is 6.28. The fraction of sp³-hybridized carbons (Fsp3) is 0.385. The summed E-state index contributed by atoms with van der Waals surface area (Å²) in [6, 6.07) is 3.79. The molecular formula is C13H12BrClN2O. The number of nitrogens with zero attached hydrogens (tertiary/aromatic N) is 2. The van der Waals surface area contributed by atoms with Crippen LogP contribution in [0.4, 0.5) is 0 Å². The number of fused-ring (bicyclic) bond motifs is 1. The number of benzene rings is 1. The van der Waals surface area contributed by atoms with Crippen molar-refractivity contribution in [3.8, 4) is 5.75 Å². The fourth-order valence-electron chi connectivity index (χ4n) is 2.16. The molecule has 1 heterocycles. The van der Waals surface area contributed by atoms with E-state index in [2.05, 4.69) is 25.9 Å². The molecule has 94 valence electrons. The first kappa shape index (κ1) is 12.2. The summed E-state index contributed by atoms with van der Waals surface area (Å²) in [6.45, 7) is 0. The number of methoxy groups -OCH3 is 1. The Morgan fingerprint density at radius 1 is 1.33 bits per heavy atom. The maximum atomic E-state index is 6.28. The molecule has 0 saturated heterocycles. The molecule has 0 spiro atoms. The van der Waals surface area contributed by atoms with Gasteiger partial charge < -0.3 is 4.74 Å². The van der Waals surface area contributed by atoms with Gasteiger partial charge in [0.05, 0.1) is 12.5 Å². The van der Waals surface area contributed by atoms with Gasteiger partial charge in [0, 0.05) is 10.4 Å². The zero-order chi connectivity index (χ0) is 12.7. The van der Waals surface area contributed by atoms with E-state index < -0.39 is 0 Å². The molecule has 0 atom stereocenters. The summed E-state index contributed by atoms with van der Waals surface area (Å²) in [4.78, 5) is 9.07. The lowest BCUT2D eigenvalue weighted by molar-refractivity contribution is 0.400. The van der Waals surface area contributed by atoms with Crippen molar-refractivity contribution in [3.63, 3.8) is 0 Å². The van der Waals surface area contributed by atoms with Crippen molar-refractivity contribution < 1.29 is 4.74 Å². The molecule has 0 N–H and O–H groups in total. The Kier molecular flexibility index (Phi) is 3.16. The van der Waals surface area contributed by atoms with Gasteiger partial charge in [-0.1, -0.05) is 18.0 Å². The van der Waals surface area contributed by atoms with Crippen LogP contribution in [-0.4, -0.2) is 17.1 Å². The number of ether oxygens (including phenoxy) is 1. The normalized spacial score (nSPS) is 15.7. The summed E-state index contributed by atoms with van der Waals surface area (Å²) in [5.41, 5.74) is 0.786. The van der Waals surface area contributed by atoms with Crippen molar-refractivity contribution in [2.75, 3.05) is 7.11 Å². The molecule has 0 bridgehead atoms. The highest BCUT2D eigenvalue weighted by molar-refractivity contribution is 9.10. The lowest BCUT2D eigenvalue weighted by Gasteiger charge is -2.24. The van der Waals surface area contributed by atoms with Crippen LogP contribution in [0.5, 0.6) is 5.75 Å². The summed E-state index contributed by atoms with van der Waals surface area (Å²) in [5, 5.41) is 1.31. The highest BCUT2D eigenvalue weighted by Crippen LogP contribution is 2.39. The molecular weight excluding hydrogens is 316 g/mol. The van der Waals surface area contributed by atoms with Gasteiger partial charge in [0.25, 0.3) is 0 Å². The largest absolute Gasteiger partial charge is 0.494 e. The van der Waals surface area contributed by atoms with Crippen LogP contribution in [0.3, 0.4) is 0 Å². The molecule has 1 aromatic carbocycles. The van der Waals surface area contributed by atoms with Crippen LogP contribution >= 0.6 is 27.5 Å². The van der Waals surface area contributed by atoms with E-state index in [9.17, 15) is 0 Å². The first-order chi connectivity index (χ1) is 8.70. The predicted octanol–water partition coefficient (Wildman–Crippen LogP) is 4.32. The third kappa shape index (κ3) is 1.88. The second-order valence-corrected chi connectivity index (χ2v) is 5.69. The Hall–Kier alpha value is -0.870. The van der Waals surface area contributed by atoms with E-state index in [0.717, 1.165) is 39.8 Å². The first-order valence-corrected chi connectivity index (χ1v) is 7.07. The molecule has 2 aromatic rings. The van der Waals surface area contributed by atoms with E-state index in [4.69, 9.17) is 16.3 Å². The molecule has 5 heteroatoms. The molecule has 3 nitrogen and oxygen atoms in total. The Labute approximate surface area is 119 Å². The third-order valence-corrected chi connectivity index (χ3v) is 4.36. The summed E-state index contributed by atoms with van der Waals surface area (Å²) in [6.07, 6.45) is 3.55. The standard InChI is InChI=1S/C13H12BrClN2O/c1-18-9-6-5-8(14)10-11(9)16-13(17-12(10)15)7-3-2-4-7/h5-7H,2-4H2,1H3. The molecule has 1 aromatic heterocycles. The van der Waals surface area contributed by atoms with Crippen LogP contribution < -0.4 is 4.74 Å². The average molecular weight is 328 g/mol. The lowest BCUT2D eigenvalue weighted by Crippen LogP contribution is -2.13. The number of halogens is 2. The predicted molar refractivity (Wildman–Crippen MR) is 75.4 cm³/mol. The van der Waals surface area contributed by atoms with Gasteiger partial charge in [-0.05, 0) is 40.9 Å². The van der Waals surface area contributed by atoms with Crippen molar-refractivity contribution in [3.05, 3.63) is 27.6 Å². The summed E-state index contributed by atoms with van der Waals surface area (Å²) >= 11 is 9.77. The Morgan fingerprint density at radius 2 is 2.11 bits per heavy atom. The summed E-state index contributed by atoms with van der Waals surface area (Å²) < 4.78 is 6.25. The van der Waals surface area contributed by atoms with Crippen molar-refractivity contribution in [2.45, 2.75) is 25.2 Å². The fourth-order valence-corrected chi connectivity index (χ4v) is 3.06. The van der Waals surface area contributed by atoms with Crippen LogP contribution in [0, 0.1) is 0 Å². The molecule has 18 heavy (non-hydrogen) atoms. The molecule has 1 fully saturated rings. The first-order valence-electron chi connectivity index (χ1n) is 5.90. The molecule has 0 aliphatic heterocycles. The topological polar surface area (TPSA) is 35.0 Å². The van der Waals surface area contributed by atoms with Crippen LogP contribution in [0.25, 0.3) is 10.9 Å². The highest BCUT2D eigenvalue weighted by Gasteiger charge is 2.24. The Bertz CT molecular complexity index is 613. The second kappa shape index (κ2) is 4.67. The van der Waals surface area contributed by atoms with E-state index in [1.807, 2.05) is 12.1 Å². The molecule has 1 saturated carbocycles. The molecule has 0 radical (unpaired) electrons. The summed E-state index contributed by atoms with van der Waals surface area (Å²) in [5.74, 6) is 2.03. The van der Waals surface area contributed by atoms with Crippen LogP contribution in [0.15, 0.2) is 16.6 Å². The van der Waals surface area contributed by atoms with E-state index in [0.29, 0.717) is 11.1 Å². The van der Waals surface area contributed by atoms with Crippen molar-refractivity contribution in [1.82, 2.24) is 9.97 Å². The molecule has 0 unspecified atom stereocenters. The van der Waals surface area contributed by atoms with Gasteiger partial charge in [0.15, 0.2) is 0 Å². The third-order valence-electron chi connectivity index (χ3n) is 3.43. The van der Waals surface area contributed by atoms with Gasteiger partial charge in [0.1, 0.15) is 22.2 Å². The minimum atomic E-state index is 0.454. The maximum Gasteiger partial charge on any atom is 0.145 e. The van der Waals surface area contributed by atoms with Crippen molar-refractivity contribution in [1.29, 1.82) is 0 Å². The second-order valence-electron chi connectivity index (χ2n) is 4.47. The molecule has 1 aliphatic carbocycles. The number of rotatable bonds is 2. The van der Waals surface area contributed by atoms with Crippen molar-refractivity contribution in [2.24, 2.45) is 0 Å². The van der Waals surface area contributed by atoms with Crippen LogP contribution in [0.1, 0.15) is 31.0 Å². The Morgan fingerprint density at radius 3 is 2.72 bits per heavy atom. The molecule has 0 amide bonds. The smallest absolute Gasteiger partial charge is 0.145 e. The number of hydrogen-bond acceptors (Lipinski definition) is 3. The van der Waals surface area contributed by atoms with Crippen LogP contribution in [0.2, 0.25) is 5.15 Å². The van der Waals surface area contributed by atoms with E-state index >= 15 is 0 Å². The zero-order valence-corrected chi connectivity index (χ0v) is 12.3. The van der Waals surface area contributed by atoms with Crippen LogP contribution in [-0.2, 0) is 0 Å². The van der Waals surface area contributed by atoms with Gasteiger partial charge >= 0.3 is 0 Å². The zero-order valence-electron chi connectivity index (χ0n) is 9.91. The molecule has 1 aliphatic rings. The quantitative estimate of drug-likeness (QED) is 0.770. The van der Waals surface area contributed by atoms with Gasteiger partial charge in [-0.15, -0.1) is 0 Å². The number of hydrogen-bond donors (Lipinski definition) is 0. The SMILES string of the molecule is COc1ccc(Br)c2c(Cl)nc(C3CCC3)nc12. The Balaban J connectivity index is 2.26. The van der Waals surface area contributed by atoms with Gasteiger partial charge in [-0.3, -0.25) is 0 Å². The van der Waals surface area contributed by atoms with Gasteiger partial charge in [-0.25, -0.2) is 9.97 Å². The van der Waals surface area contributed by atoms with E-state index in [1.165, 1.54) is 6.42 Å². The lowest BCUT2D eigenvalue weighted by atomic mass is 9.85. The average Bonchev–Trinajstić information content (AvgIpc) is 2.26. The minimum absolute atomic E-state index is 0.454. The van der Waals surface area contributed by atoms with Gasteiger partial charge in [-0.2, -0.15) is 0 Å². The van der Waals surface area contributed by atoms with Crippen molar-refractivity contribution >= 4 is 38.4 Å². The van der Waals surface area contributed by atoms with E-state index in [1.54, 1.807) is 7.11 Å². The van der Waals surface area contributed by atoms with E-state index in [-0.39, 0.29) is 0 Å². The molecule has 3 rings (SSSR count). The highest BCUT2D eigenvalue weighted by atomic mass is 79.9. The van der Waals surface area contributed by atoms with Gasteiger partial charge in [0.2, 0.25) is 0 Å². The summed E-state index contributed by atoms with van der Waals surface area (Å²) in [7, 11) is 1.64. The monoisotopic (exact) mass is 326 g/mol.